The molecule has 7 nitrogen and oxygen atoms in total. The molecule has 0 saturated carbocycles. The van der Waals surface area contributed by atoms with Gasteiger partial charge in [-0.2, -0.15) is 0 Å². The highest BCUT2D eigenvalue weighted by Gasteiger charge is 2.20. The van der Waals surface area contributed by atoms with Crippen LogP contribution in [0.2, 0.25) is 0 Å². The molecule has 156 valence electrons. The number of benzene rings is 2. The molecule has 0 bridgehead atoms. The van der Waals surface area contributed by atoms with Crippen LogP contribution in [0, 0.1) is 6.92 Å². The Balaban J connectivity index is 1.89. The van der Waals surface area contributed by atoms with Crippen molar-refractivity contribution >= 4 is 29.3 Å². The molecule has 2 aromatic carbocycles. The normalized spacial score (nSPS) is 10.7. The molecule has 0 fully saturated rings. The maximum absolute atomic E-state index is 13.0. The maximum atomic E-state index is 13.0. The summed E-state index contributed by atoms with van der Waals surface area (Å²) in [7, 11) is 5.16. The van der Waals surface area contributed by atoms with Crippen molar-refractivity contribution in [1.29, 1.82) is 0 Å². The Bertz CT molecular complexity index is 1130. The van der Waals surface area contributed by atoms with E-state index in [0.717, 1.165) is 0 Å². The molecule has 8 heteroatoms. The number of nitrogens with one attached hydrogen (secondary N) is 1. The lowest BCUT2D eigenvalue weighted by Gasteiger charge is -2.12. The van der Waals surface area contributed by atoms with E-state index in [1.54, 1.807) is 50.9 Å². The summed E-state index contributed by atoms with van der Waals surface area (Å²) < 4.78 is 3.23. The van der Waals surface area contributed by atoms with Gasteiger partial charge < -0.3 is 10.2 Å². The zero-order chi connectivity index (χ0) is 21.8. The van der Waals surface area contributed by atoms with Gasteiger partial charge in [-0.1, -0.05) is 30.3 Å². The van der Waals surface area contributed by atoms with E-state index >= 15 is 0 Å². The topological polar surface area (TPSA) is 76.3 Å². The van der Waals surface area contributed by atoms with Crippen LogP contribution < -0.4 is 10.9 Å². The predicted octanol–water partition coefficient (Wildman–Crippen LogP) is 2.92. The Morgan fingerprint density at radius 2 is 1.67 bits per heavy atom. The van der Waals surface area contributed by atoms with Crippen molar-refractivity contribution < 1.29 is 9.59 Å². The minimum Gasteiger partial charge on any atom is -0.348 e. The molecule has 1 N–H and O–H groups in total. The molecule has 0 aliphatic carbocycles. The van der Waals surface area contributed by atoms with E-state index in [1.807, 2.05) is 36.4 Å². The van der Waals surface area contributed by atoms with E-state index in [-0.39, 0.29) is 28.8 Å². The van der Waals surface area contributed by atoms with Crippen molar-refractivity contribution in [1.82, 2.24) is 14.3 Å². The van der Waals surface area contributed by atoms with Gasteiger partial charge in [0.05, 0.1) is 22.7 Å². The summed E-state index contributed by atoms with van der Waals surface area (Å²) in [4.78, 5) is 40.1. The second-order valence-corrected chi connectivity index (χ2v) is 7.98. The summed E-state index contributed by atoms with van der Waals surface area (Å²) in [6.45, 7) is 1.78. The van der Waals surface area contributed by atoms with Crippen molar-refractivity contribution in [3.8, 4) is 5.69 Å². The van der Waals surface area contributed by atoms with Gasteiger partial charge in [0.1, 0.15) is 5.69 Å². The van der Waals surface area contributed by atoms with Gasteiger partial charge in [0.25, 0.3) is 11.5 Å². The Hall–Kier alpha value is -3.26. The summed E-state index contributed by atoms with van der Waals surface area (Å²) in [5.41, 5.74) is 1.71. The van der Waals surface area contributed by atoms with E-state index in [2.05, 4.69) is 5.32 Å². The molecular formula is C22H24N4O3S. The summed E-state index contributed by atoms with van der Waals surface area (Å²) in [5, 5.41) is 2.77. The molecule has 2 amide bonds. The minimum atomic E-state index is -0.388. The third kappa shape index (κ3) is 4.33. The number of amides is 2. The maximum Gasteiger partial charge on any atom is 0.295 e. The lowest BCUT2D eigenvalue weighted by Crippen LogP contribution is -2.24. The molecule has 0 atom stereocenters. The first-order chi connectivity index (χ1) is 14.3. The van der Waals surface area contributed by atoms with Crippen LogP contribution in [0.4, 0.5) is 5.69 Å². The average molecular weight is 425 g/mol. The van der Waals surface area contributed by atoms with Gasteiger partial charge in [0, 0.05) is 26.0 Å². The molecule has 0 radical (unpaired) electrons. The minimum absolute atomic E-state index is 0.0418. The summed E-state index contributed by atoms with van der Waals surface area (Å²) >= 11 is 1.30. The molecule has 0 aliphatic rings. The molecule has 0 spiro atoms. The first kappa shape index (κ1) is 21.4. The van der Waals surface area contributed by atoms with Crippen LogP contribution in [0.25, 0.3) is 5.69 Å². The molecule has 1 heterocycles. The van der Waals surface area contributed by atoms with Gasteiger partial charge in [-0.3, -0.25) is 19.1 Å². The number of hydrogen-bond acceptors (Lipinski definition) is 4. The number of para-hydroxylation sites is 1. The lowest BCUT2D eigenvalue weighted by molar-refractivity contribution is -0.125. The number of aromatic nitrogens is 2. The molecule has 30 heavy (non-hydrogen) atoms. The molecule has 3 rings (SSSR count). The van der Waals surface area contributed by atoms with Crippen LogP contribution in [-0.4, -0.2) is 45.9 Å². The summed E-state index contributed by atoms with van der Waals surface area (Å²) in [5.74, 6) is -0.205. The van der Waals surface area contributed by atoms with Crippen molar-refractivity contribution in [3.63, 3.8) is 0 Å². The second kappa shape index (κ2) is 9.04. The molecule has 0 unspecified atom stereocenters. The van der Waals surface area contributed by atoms with Crippen molar-refractivity contribution in [2.45, 2.75) is 11.8 Å². The molecular weight excluding hydrogens is 400 g/mol. The third-order valence-electron chi connectivity index (χ3n) is 4.77. The number of rotatable bonds is 6. The zero-order valence-corrected chi connectivity index (χ0v) is 18.2. The summed E-state index contributed by atoms with van der Waals surface area (Å²) in [6, 6.07) is 16.3. The standard InChI is InChI=1S/C22H24N4O3S/c1-15-20(22(29)26(25(15)4)16-10-6-5-7-11-16)23-21(28)17-12-8-9-13-18(17)30-14-19(27)24(2)3/h5-13H,14H2,1-4H3,(H,23,28). The second-order valence-electron chi connectivity index (χ2n) is 6.96. The summed E-state index contributed by atoms with van der Waals surface area (Å²) in [6.07, 6.45) is 0. The first-order valence-electron chi connectivity index (χ1n) is 9.38. The van der Waals surface area contributed by atoms with Crippen LogP contribution in [0.15, 0.2) is 64.3 Å². The lowest BCUT2D eigenvalue weighted by atomic mass is 10.2. The smallest absolute Gasteiger partial charge is 0.295 e. The van der Waals surface area contributed by atoms with Crippen LogP contribution in [0.3, 0.4) is 0 Å². The van der Waals surface area contributed by atoms with E-state index in [4.69, 9.17) is 0 Å². The van der Waals surface area contributed by atoms with E-state index < -0.39 is 0 Å². The fourth-order valence-electron chi connectivity index (χ4n) is 2.94. The van der Waals surface area contributed by atoms with Gasteiger partial charge in [0.15, 0.2) is 0 Å². The van der Waals surface area contributed by atoms with Gasteiger partial charge in [-0.15, -0.1) is 11.8 Å². The predicted molar refractivity (Wildman–Crippen MR) is 120 cm³/mol. The number of carbonyl (C=O) groups excluding carboxylic acids is 2. The van der Waals surface area contributed by atoms with Gasteiger partial charge in [-0.25, -0.2) is 4.68 Å². The number of carbonyl (C=O) groups is 2. The monoisotopic (exact) mass is 424 g/mol. The number of nitrogens with zero attached hydrogens (tertiary/aromatic N) is 3. The third-order valence-corrected chi connectivity index (χ3v) is 5.83. The Morgan fingerprint density at radius 3 is 2.33 bits per heavy atom. The van der Waals surface area contributed by atoms with Crippen LogP contribution in [0.1, 0.15) is 16.1 Å². The Labute approximate surface area is 179 Å². The molecule has 0 aliphatic heterocycles. The van der Waals surface area contributed by atoms with Gasteiger partial charge in [0.2, 0.25) is 5.91 Å². The Kier molecular flexibility index (Phi) is 6.47. The number of anilines is 1. The molecule has 0 saturated heterocycles. The molecule has 3 aromatic rings. The van der Waals surface area contributed by atoms with Crippen LogP contribution in [0.5, 0.6) is 0 Å². The fraction of sp³-hybridized carbons (Fsp3) is 0.227. The highest BCUT2D eigenvalue weighted by molar-refractivity contribution is 8.00. The van der Waals surface area contributed by atoms with Gasteiger partial charge in [-0.05, 0) is 31.2 Å². The SMILES string of the molecule is Cc1c(NC(=O)c2ccccc2SCC(=O)N(C)C)c(=O)n(-c2ccccc2)n1C. The zero-order valence-electron chi connectivity index (χ0n) is 17.4. The quantitative estimate of drug-likeness (QED) is 0.618. The largest absolute Gasteiger partial charge is 0.348 e. The van der Waals surface area contributed by atoms with E-state index in [0.29, 0.717) is 21.8 Å². The first-order valence-corrected chi connectivity index (χ1v) is 10.4. The van der Waals surface area contributed by atoms with E-state index in [1.165, 1.54) is 21.3 Å². The van der Waals surface area contributed by atoms with E-state index in [9.17, 15) is 14.4 Å². The number of hydrogen-bond donors (Lipinski definition) is 1. The average Bonchev–Trinajstić information content (AvgIpc) is 2.95. The van der Waals surface area contributed by atoms with Crippen molar-refractivity contribution in [2.75, 3.05) is 25.2 Å². The van der Waals surface area contributed by atoms with Crippen molar-refractivity contribution in [2.24, 2.45) is 7.05 Å². The Morgan fingerprint density at radius 1 is 1.03 bits per heavy atom. The highest BCUT2D eigenvalue weighted by atomic mass is 32.2. The van der Waals surface area contributed by atoms with Crippen molar-refractivity contribution in [3.05, 3.63) is 76.2 Å². The van der Waals surface area contributed by atoms with Gasteiger partial charge >= 0.3 is 0 Å². The molecule has 1 aromatic heterocycles. The van der Waals surface area contributed by atoms with Crippen LogP contribution in [-0.2, 0) is 11.8 Å². The fourth-order valence-corrected chi connectivity index (χ4v) is 3.97. The van der Waals surface area contributed by atoms with Crippen LogP contribution >= 0.6 is 11.8 Å². The number of thioether (sulfide) groups is 1. The highest BCUT2D eigenvalue weighted by Crippen LogP contribution is 2.24.